The van der Waals surface area contributed by atoms with E-state index in [4.69, 9.17) is 4.98 Å². The third-order valence-electron chi connectivity index (χ3n) is 3.94. The Morgan fingerprint density at radius 2 is 1.89 bits per heavy atom. The first-order chi connectivity index (χ1) is 8.90. The highest BCUT2D eigenvalue weighted by molar-refractivity contribution is 5.20. The van der Waals surface area contributed by atoms with E-state index in [9.17, 15) is 0 Å². The average Bonchev–Trinajstić information content (AvgIpc) is 2.73. The third kappa shape index (κ3) is 3.37. The fourth-order valence-corrected chi connectivity index (χ4v) is 2.86. The summed E-state index contributed by atoms with van der Waals surface area (Å²) < 4.78 is 0. The van der Waals surface area contributed by atoms with E-state index < -0.39 is 0 Å². The van der Waals surface area contributed by atoms with Crippen LogP contribution in [0.25, 0.3) is 0 Å². The third-order valence-corrected chi connectivity index (χ3v) is 3.94. The molecule has 108 valence electrons. The van der Waals surface area contributed by atoms with E-state index in [1.165, 1.54) is 11.4 Å². The number of aromatic amines is 1. The van der Waals surface area contributed by atoms with E-state index in [1.807, 2.05) is 0 Å². The van der Waals surface area contributed by atoms with Gasteiger partial charge in [0.1, 0.15) is 5.82 Å². The zero-order valence-electron chi connectivity index (χ0n) is 13.0. The van der Waals surface area contributed by atoms with Crippen molar-refractivity contribution in [2.45, 2.75) is 46.0 Å². The zero-order valence-corrected chi connectivity index (χ0v) is 13.0. The van der Waals surface area contributed by atoms with E-state index in [-0.39, 0.29) is 5.41 Å². The van der Waals surface area contributed by atoms with Gasteiger partial charge in [-0.3, -0.25) is 4.90 Å². The molecule has 2 N–H and O–H groups in total. The molecule has 0 unspecified atom stereocenters. The van der Waals surface area contributed by atoms with Gasteiger partial charge >= 0.3 is 0 Å². The number of piperazine rings is 1. The number of aryl methyl sites for hydroxylation is 1. The Morgan fingerprint density at radius 1 is 1.26 bits per heavy atom. The summed E-state index contributed by atoms with van der Waals surface area (Å²) in [6.45, 7) is 16.7. The van der Waals surface area contributed by atoms with Crippen molar-refractivity contribution >= 4 is 0 Å². The minimum atomic E-state index is 0.0786. The van der Waals surface area contributed by atoms with Gasteiger partial charge < -0.3 is 10.3 Å². The number of hydrogen-bond acceptors (Lipinski definition) is 3. The molecule has 0 bridgehead atoms. The van der Waals surface area contributed by atoms with Gasteiger partial charge in [-0.05, 0) is 12.8 Å². The Bertz CT molecular complexity index is 414. The molecule has 4 heteroatoms. The minimum absolute atomic E-state index is 0.0786. The van der Waals surface area contributed by atoms with Gasteiger partial charge in [0.25, 0.3) is 0 Å². The lowest BCUT2D eigenvalue weighted by atomic mass is 9.91. The van der Waals surface area contributed by atoms with Gasteiger partial charge in [0, 0.05) is 43.8 Å². The van der Waals surface area contributed by atoms with E-state index in [1.54, 1.807) is 0 Å². The van der Waals surface area contributed by atoms with Crippen LogP contribution in [0.15, 0.2) is 0 Å². The summed E-state index contributed by atoms with van der Waals surface area (Å²) in [5, 5.41) is 3.40. The molecule has 0 amide bonds. The number of nitrogens with one attached hydrogen (secondary N) is 2. The average molecular weight is 264 g/mol. The molecule has 0 atom stereocenters. The minimum Gasteiger partial charge on any atom is -0.345 e. The van der Waals surface area contributed by atoms with Crippen LogP contribution < -0.4 is 5.32 Å². The van der Waals surface area contributed by atoms with Crippen molar-refractivity contribution in [1.29, 1.82) is 0 Å². The molecule has 1 fully saturated rings. The number of H-pyrrole nitrogens is 1. The summed E-state index contributed by atoms with van der Waals surface area (Å²) in [5.41, 5.74) is 2.51. The Kier molecular flexibility index (Phi) is 4.31. The van der Waals surface area contributed by atoms with Crippen LogP contribution in [0.3, 0.4) is 0 Å². The number of aromatic nitrogens is 2. The highest BCUT2D eigenvalue weighted by Gasteiger charge is 2.28. The second-order valence-corrected chi connectivity index (χ2v) is 6.66. The maximum atomic E-state index is 4.85. The maximum Gasteiger partial charge on any atom is 0.113 e. The highest BCUT2D eigenvalue weighted by Crippen LogP contribution is 2.25. The molecule has 1 aliphatic rings. The first-order valence-corrected chi connectivity index (χ1v) is 7.40. The molecule has 0 aliphatic carbocycles. The molecule has 0 spiro atoms. The lowest BCUT2D eigenvalue weighted by molar-refractivity contribution is 0.196. The number of hydrogen-bond donors (Lipinski definition) is 2. The molecule has 4 nitrogen and oxygen atoms in total. The molecule has 1 aromatic rings. The van der Waals surface area contributed by atoms with Crippen LogP contribution in [-0.4, -0.2) is 47.6 Å². The first kappa shape index (κ1) is 14.5. The van der Waals surface area contributed by atoms with Crippen LogP contribution in [0, 0.1) is 6.92 Å². The van der Waals surface area contributed by atoms with Crippen LogP contribution in [0.5, 0.6) is 0 Å². The van der Waals surface area contributed by atoms with Gasteiger partial charge in [-0.15, -0.1) is 0 Å². The van der Waals surface area contributed by atoms with Gasteiger partial charge in [-0.2, -0.15) is 0 Å². The quantitative estimate of drug-likeness (QED) is 0.874. The monoisotopic (exact) mass is 264 g/mol. The van der Waals surface area contributed by atoms with E-state index in [0.29, 0.717) is 5.92 Å². The van der Waals surface area contributed by atoms with Crippen molar-refractivity contribution in [3.63, 3.8) is 0 Å². The first-order valence-electron chi connectivity index (χ1n) is 7.40. The number of imidazole rings is 1. The smallest absolute Gasteiger partial charge is 0.113 e. The summed E-state index contributed by atoms with van der Waals surface area (Å²) in [7, 11) is 0. The Hall–Kier alpha value is -0.870. The lowest BCUT2D eigenvalue weighted by Crippen LogP contribution is -2.48. The molecule has 0 aromatic carbocycles. The molecular weight excluding hydrogens is 236 g/mol. The van der Waals surface area contributed by atoms with Gasteiger partial charge in [0.2, 0.25) is 0 Å². The topological polar surface area (TPSA) is 44.0 Å². The second-order valence-electron chi connectivity index (χ2n) is 6.66. The van der Waals surface area contributed by atoms with Crippen molar-refractivity contribution < 1.29 is 0 Å². The normalized spacial score (nSPS) is 18.2. The summed E-state index contributed by atoms with van der Waals surface area (Å²) in [6.07, 6.45) is 0. The van der Waals surface area contributed by atoms with Gasteiger partial charge in [-0.25, -0.2) is 4.98 Å². The molecule has 2 heterocycles. The molecule has 0 radical (unpaired) electrons. The number of rotatable bonds is 4. The van der Waals surface area contributed by atoms with Crippen molar-refractivity contribution in [3.8, 4) is 0 Å². The van der Waals surface area contributed by atoms with Crippen molar-refractivity contribution in [2.75, 3.05) is 32.7 Å². The van der Waals surface area contributed by atoms with Crippen molar-refractivity contribution in [1.82, 2.24) is 20.2 Å². The van der Waals surface area contributed by atoms with Gasteiger partial charge in [-0.1, -0.05) is 27.7 Å². The standard InChI is InChI=1S/C15H28N4/c1-11(2)13-12(3)17-14(18-13)15(4,5)10-19-8-6-16-7-9-19/h11,16H,6-10H2,1-5H3,(H,17,18). The predicted octanol–water partition coefficient (Wildman–Crippen LogP) is 2.02. The molecular formula is C15H28N4. The van der Waals surface area contributed by atoms with E-state index in [2.05, 4.69) is 49.8 Å². The summed E-state index contributed by atoms with van der Waals surface area (Å²) in [6, 6.07) is 0. The van der Waals surface area contributed by atoms with Gasteiger partial charge in [0.05, 0.1) is 5.69 Å². The van der Waals surface area contributed by atoms with Crippen molar-refractivity contribution in [2.24, 2.45) is 0 Å². The predicted molar refractivity (Wildman–Crippen MR) is 79.7 cm³/mol. The maximum absolute atomic E-state index is 4.85. The Morgan fingerprint density at radius 3 is 2.42 bits per heavy atom. The molecule has 0 saturated carbocycles. The van der Waals surface area contributed by atoms with E-state index in [0.717, 1.165) is 38.5 Å². The fraction of sp³-hybridized carbons (Fsp3) is 0.800. The molecule has 19 heavy (non-hydrogen) atoms. The zero-order chi connectivity index (χ0) is 14.0. The van der Waals surface area contributed by atoms with Crippen LogP contribution in [-0.2, 0) is 5.41 Å². The summed E-state index contributed by atoms with van der Waals surface area (Å²) in [5.74, 6) is 1.62. The molecule has 1 aliphatic heterocycles. The number of nitrogens with zero attached hydrogens (tertiary/aromatic N) is 2. The molecule has 2 rings (SSSR count). The summed E-state index contributed by atoms with van der Waals surface area (Å²) in [4.78, 5) is 10.9. The highest BCUT2D eigenvalue weighted by atomic mass is 15.2. The van der Waals surface area contributed by atoms with Crippen LogP contribution >= 0.6 is 0 Å². The van der Waals surface area contributed by atoms with Crippen LogP contribution in [0.1, 0.15) is 50.8 Å². The molecule has 1 aromatic heterocycles. The van der Waals surface area contributed by atoms with Crippen LogP contribution in [0.2, 0.25) is 0 Å². The summed E-state index contributed by atoms with van der Waals surface area (Å²) >= 11 is 0. The fourth-order valence-electron chi connectivity index (χ4n) is 2.86. The van der Waals surface area contributed by atoms with Crippen molar-refractivity contribution in [3.05, 3.63) is 17.2 Å². The Balaban J connectivity index is 2.11. The molecule has 1 saturated heterocycles. The van der Waals surface area contributed by atoms with Crippen LogP contribution in [0.4, 0.5) is 0 Å². The Labute approximate surface area is 117 Å². The second kappa shape index (κ2) is 5.63. The van der Waals surface area contributed by atoms with E-state index >= 15 is 0 Å². The SMILES string of the molecule is Cc1[nH]c(C(C)(C)CN2CCNCC2)nc1C(C)C. The lowest BCUT2D eigenvalue weighted by Gasteiger charge is -2.34. The largest absolute Gasteiger partial charge is 0.345 e. The van der Waals surface area contributed by atoms with Gasteiger partial charge in [0.15, 0.2) is 0 Å².